The third kappa shape index (κ3) is 6.28. The number of fused-ring (bicyclic) bond motifs is 1. The number of piperazine rings is 1. The first-order chi connectivity index (χ1) is 17.3. The number of halogens is 1. The number of likely N-dealkylation sites (tertiary alicyclic amines) is 1. The second-order valence-corrected chi connectivity index (χ2v) is 11.0. The Morgan fingerprint density at radius 2 is 1.89 bits per heavy atom. The normalized spacial score (nSPS) is 22.3. The summed E-state index contributed by atoms with van der Waals surface area (Å²) in [4.78, 5) is 24.3. The SMILES string of the molecule is C=CC1=C(/C=C\Cl)C(N2CCN(C(=O)OC(C)(C)C)CC2)c2ncccc2C=C1CN1CCCCC1. The molecule has 0 N–H and O–H groups in total. The molecule has 0 saturated carbocycles. The average Bonchev–Trinajstić information content (AvgIpc) is 2.98. The highest BCUT2D eigenvalue weighted by atomic mass is 35.5. The highest BCUT2D eigenvalue weighted by molar-refractivity contribution is 6.25. The largest absolute Gasteiger partial charge is 0.444 e. The van der Waals surface area contributed by atoms with Crippen LogP contribution in [0.2, 0.25) is 0 Å². The molecule has 2 fully saturated rings. The summed E-state index contributed by atoms with van der Waals surface area (Å²) in [6, 6.07) is 4.07. The van der Waals surface area contributed by atoms with E-state index in [0.29, 0.717) is 26.2 Å². The van der Waals surface area contributed by atoms with Gasteiger partial charge in [-0.2, -0.15) is 0 Å². The van der Waals surface area contributed by atoms with Crippen LogP contribution in [0.1, 0.15) is 57.3 Å². The molecule has 0 aromatic carbocycles. The predicted molar refractivity (Wildman–Crippen MR) is 147 cm³/mol. The van der Waals surface area contributed by atoms with Crippen LogP contribution in [-0.4, -0.2) is 77.2 Å². The van der Waals surface area contributed by atoms with Gasteiger partial charge < -0.3 is 9.64 Å². The molecule has 1 unspecified atom stereocenters. The summed E-state index contributed by atoms with van der Waals surface area (Å²) in [6.07, 6.45) is 11.7. The van der Waals surface area contributed by atoms with Crippen LogP contribution in [0.15, 0.2) is 59.3 Å². The maximum absolute atomic E-state index is 12.7. The number of hydrogen-bond donors (Lipinski definition) is 0. The zero-order valence-electron chi connectivity index (χ0n) is 21.9. The fourth-order valence-corrected chi connectivity index (χ4v) is 5.51. The molecule has 3 aliphatic rings. The van der Waals surface area contributed by atoms with Crippen LogP contribution in [-0.2, 0) is 4.74 Å². The number of amides is 1. The van der Waals surface area contributed by atoms with Crippen LogP contribution in [0.25, 0.3) is 6.08 Å². The van der Waals surface area contributed by atoms with Crippen LogP contribution >= 0.6 is 11.6 Å². The van der Waals surface area contributed by atoms with Crippen molar-refractivity contribution in [2.75, 3.05) is 45.8 Å². The van der Waals surface area contributed by atoms with Crippen LogP contribution < -0.4 is 0 Å². The van der Waals surface area contributed by atoms with E-state index in [1.54, 1.807) is 10.4 Å². The number of ether oxygens (including phenoxy) is 1. The van der Waals surface area contributed by atoms with Crippen molar-refractivity contribution in [1.29, 1.82) is 0 Å². The Hall–Kier alpha value is -2.41. The molecule has 1 amide bonds. The summed E-state index contributed by atoms with van der Waals surface area (Å²) in [5.41, 5.74) is 6.70. The number of nitrogens with zero attached hydrogens (tertiary/aromatic N) is 4. The Kier molecular flexibility index (Phi) is 8.70. The van der Waals surface area contributed by atoms with Gasteiger partial charge in [-0.1, -0.05) is 36.7 Å². The molecule has 7 heteroatoms. The van der Waals surface area contributed by atoms with E-state index in [2.05, 4.69) is 28.5 Å². The third-order valence-electron chi connectivity index (χ3n) is 7.03. The number of pyridine rings is 1. The minimum absolute atomic E-state index is 0.0832. The van der Waals surface area contributed by atoms with Crippen molar-refractivity contribution < 1.29 is 9.53 Å². The molecule has 1 aromatic heterocycles. The molecular weight excluding hydrogens is 472 g/mol. The number of rotatable bonds is 5. The van der Waals surface area contributed by atoms with E-state index < -0.39 is 5.60 Å². The second kappa shape index (κ2) is 11.8. The minimum atomic E-state index is -0.505. The van der Waals surface area contributed by atoms with Gasteiger partial charge in [0.2, 0.25) is 0 Å². The van der Waals surface area contributed by atoms with Gasteiger partial charge in [-0.05, 0) is 87.2 Å². The summed E-state index contributed by atoms with van der Waals surface area (Å²) < 4.78 is 5.61. The number of aromatic nitrogens is 1. The monoisotopic (exact) mass is 510 g/mol. The third-order valence-corrected chi connectivity index (χ3v) is 7.16. The molecule has 3 heterocycles. The van der Waals surface area contributed by atoms with Crippen molar-refractivity contribution >= 4 is 23.8 Å². The first kappa shape index (κ1) is 26.6. The van der Waals surface area contributed by atoms with Crippen LogP contribution in [0.5, 0.6) is 0 Å². The average molecular weight is 511 g/mol. The lowest BCUT2D eigenvalue weighted by molar-refractivity contribution is 0.0117. The van der Waals surface area contributed by atoms with Crippen LogP contribution in [0, 0.1) is 0 Å². The smallest absolute Gasteiger partial charge is 0.410 e. The van der Waals surface area contributed by atoms with Gasteiger partial charge in [0.1, 0.15) is 5.60 Å². The van der Waals surface area contributed by atoms with Gasteiger partial charge in [-0.3, -0.25) is 14.8 Å². The number of allylic oxidation sites excluding steroid dienone is 1. The maximum atomic E-state index is 12.7. The topological polar surface area (TPSA) is 48.9 Å². The molecule has 2 saturated heterocycles. The summed E-state index contributed by atoms with van der Waals surface area (Å²) in [5.74, 6) is 0. The Labute approximate surface area is 220 Å². The Morgan fingerprint density at radius 1 is 1.17 bits per heavy atom. The van der Waals surface area contributed by atoms with Crippen molar-refractivity contribution in [3.8, 4) is 0 Å². The number of carbonyl (C=O) groups is 1. The molecule has 2 aliphatic heterocycles. The van der Waals surface area contributed by atoms with E-state index in [4.69, 9.17) is 21.3 Å². The fraction of sp³-hybridized carbons (Fsp3) is 0.517. The van der Waals surface area contributed by atoms with Gasteiger partial charge in [0.15, 0.2) is 0 Å². The zero-order valence-corrected chi connectivity index (χ0v) is 22.6. The van der Waals surface area contributed by atoms with E-state index in [1.165, 1.54) is 24.8 Å². The summed E-state index contributed by atoms with van der Waals surface area (Å²) in [6.45, 7) is 15.7. The molecule has 0 spiro atoms. The highest BCUT2D eigenvalue weighted by Crippen LogP contribution is 2.39. The molecule has 1 atom stereocenters. The van der Waals surface area contributed by atoms with Gasteiger partial charge >= 0.3 is 6.09 Å². The van der Waals surface area contributed by atoms with E-state index >= 15 is 0 Å². The van der Waals surface area contributed by atoms with Gasteiger partial charge in [0.25, 0.3) is 0 Å². The lowest BCUT2D eigenvalue weighted by Gasteiger charge is -2.40. The molecule has 1 aromatic rings. The molecule has 0 bridgehead atoms. The number of piperidine rings is 1. The quantitative estimate of drug-likeness (QED) is 0.501. The molecule has 6 nitrogen and oxygen atoms in total. The molecule has 0 radical (unpaired) electrons. The van der Waals surface area contributed by atoms with Crippen LogP contribution in [0.4, 0.5) is 4.79 Å². The van der Waals surface area contributed by atoms with Gasteiger partial charge in [0, 0.05) is 44.5 Å². The number of carbonyl (C=O) groups excluding carboxylic acids is 1. The Balaban J connectivity index is 1.66. The lowest BCUT2D eigenvalue weighted by atomic mass is 9.93. The van der Waals surface area contributed by atoms with Crippen molar-refractivity contribution in [3.05, 3.63) is 70.6 Å². The zero-order chi connectivity index (χ0) is 25.7. The molecular formula is C29H39ClN4O2. The summed E-state index contributed by atoms with van der Waals surface area (Å²) in [7, 11) is 0. The minimum Gasteiger partial charge on any atom is -0.444 e. The molecule has 4 rings (SSSR count). The fourth-order valence-electron chi connectivity index (χ4n) is 5.37. The van der Waals surface area contributed by atoms with Gasteiger partial charge in [-0.15, -0.1) is 0 Å². The van der Waals surface area contributed by atoms with Gasteiger partial charge in [-0.25, -0.2) is 4.79 Å². The molecule has 36 heavy (non-hydrogen) atoms. The van der Waals surface area contributed by atoms with E-state index in [0.717, 1.165) is 42.0 Å². The molecule has 194 valence electrons. The predicted octanol–water partition coefficient (Wildman–Crippen LogP) is 5.79. The van der Waals surface area contributed by atoms with Crippen molar-refractivity contribution in [1.82, 2.24) is 19.7 Å². The van der Waals surface area contributed by atoms with E-state index in [9.17, 15) is 4.79 Å². The summed E-state index contributed by atoms with van der Waals surface area (Å²) in [5, 5.41) is 0. The van der Waals surface area contributed by atoms with E-state index in [1.807, 2.05) is 45.2 Å². The Morgan fingerprint density at radius 3 is 2.53 bits per heavy atom. The summed E-state index contributed by atoms with van der Waals surface area (Å²) >= 11 is 6.22. The van der Waals surface area contributed by atoms with Gasteiger partial charge in [0.05, 0.1) is 11.7 Å². The van der Waals surface area contributed by atoms with Crippen molar-refractivity contribution in [3.63, 3.8) is 0 Å². The first-order valence-electron chi connectivity index (χ1n) is 13.0. The molecule has 1 aliphatic carbocycles. The van der Waals surface area contributed by atoms with Crippen molar-refractivity contribution in [2.45, 2.75) is 51.7 Å². The van der Waals surface area contributed by atoms with Crippen LogP contribution in [0.3, 0.4) is 0 Å². The van der Waals surface area contributed by atoms with Crippen molar-refractivity contribution in [2.24, 2.45) is 0 Å². The Bertz CT molecular complexity index is 1040. The standard InChI is InChI=1S/C29H39ClN4O2/c1-5-24-23(21-32-14-7-6-8-15-32)20-22-10-9-13-31-26(22)27(25(24)11-12-30)33-16-18-34(19-17-33)28(35)36-29(2,3)4/h5,9-13,20,27H,1,6-8,14-19,21H2,2-4H3/b12-11-. The van der Waals surface area contributed by atoms with E-state index in [-0.39, 0.29) is 12.1 Å². The maximum Gasteiger partial charge on any atom is 0.410 e. The first-order valence-corrected chi connectivity index (χ1v) is 13.5. The highest BCUT2D eigenvalue weighted by Gasteiger charge is 2.34. The number of hydrogen-bond acceptors (Lipinski definition) is 5. The second-order valence-electron chi connectivity index (χ2n) is 10.8. The lowest BCUT2D eigenvalue weighted by Crippen LogP contribution is -2.51.